The topological polar surface area (TPSA) is 144 Å². The van der Waals surface area contributed by atoms with Gasteiger partial charge in [0.15, 0.2) is 11.5 Å². The van der Waals surface area contributed by atoms with Gasteiger partial charge in [0, 0.05) is 18.4 Å². The van der Waals surface area contributed by atoms with E-state index in [0.29, 0.717) is 29.4 Å². The number of amides is 1. The summed E-state index contributed by atoms with van der Waals surface area (Å²) in [5.74, 6) is 0.367. The predicted octanol–water partition coefficient (Wildman–Crippen LogP) is 1.38. The molecule has 0 fully saturated rings. The van der Waals surface area contributed by atoms with Crippen LogP contribution in [0, 0.1) is 6.92 Å². The molecular weight excluding hydrogens is 408 g/mol. The molecule has 5 N–H and O–H groups in total. The van der Waals surface area contributed by atoms with E-state index in [1.165, 1.54) is 4.57 Å². The number of aromatic nitrogens is 5. The van der Waals surface area contributed by atoms with E-state index in [1.807, 2.05) is 30.3 Å². The molecule has 0 aliphatic heterocycles. The molecule has 4 rings (SSSR count). The van der Waals surface area contributed by atoms with Crippen molar-refractivity contribution in [2.75, 3.05) is 17.6 Å². The van der Waals surface area contributed by atoms with Crippen molar-refractivity contribution < 1.29 is 4.79 Å². The number of benzene rings is 1. The normalized spacial score (nSPS) is 10.9. The van der Waals surface area contributed by atoms with Crippen LogP contribution in [0.15, 0.2) is 53.5 Å². The van der Waals surface area contributed by atoms with Crippen molar-refractivity contribution in [3.8, 4) is 0 Å². The molecule has 0 bridgehead atoms. The first-order chi connectivity index (χ1) is 15.5. The van der Waals surface area contributed by atoms with Crippen molar-refractivity contribution in [3.05, 3.63) is 76.0 Å². The number of nitrogens with zero attached hydrogens (tertiary/aromatic N) is 4. The van der Waals surface area contributed by atoms with Gasteiger partial charge in [0.1, 0.15) is 12.4 Å². The fourth-order valence-corrected chi connectivity index (χ4v) is 3.30. The molecule has 10 nitrogen and oxygen atoms in total. The number of carbonyl (C=O) groups excluding carboxylic acids is 1. The van der Waals surface area contributed by atoms with Crippen molar-refractivity contribution in [2.45, 2.75) is 26.4 Å². The largest absolute Gasteiger partial charge is 0.384 e. The van der Waals surface area contributed by atoms with Gasteiger partial charge in [-0.3, -0.25) is 19.3 Å². The van der Waals surface area contributed by atoms with E-state index in [2.05, 4.69) is 30.8 Å². The minimum absolute atomic E-state index is 0.113. The zero-order valence-corrected chi connectivity index (χ0v) is 17.6. The highest BCUT2D eigenvalue weighted by molar-refractivity contribution is 5.85. The van der Waals surface area contributed by atoms with Gasteiger partial charge in [-0.15, -0.1) is 0 Å². The van der Waals surface area contributed by atoms with Crippen LogP contribution in [0.5, 0.6) is 0 Å². The molecule has 3 aromatic heterocycles. The van der Waals surface area contributed by atoms with Crippen LogP contribution in [-0.2, 0) is 24.3 Å². The Labute approximate surface area is 183 Å². The number of hydrogen-bond acceptors (Lipinski definition) is 7. The summed E-state index contributed by atoms with van der Waals surface area (Å²) in [5, 5.41) is 13.3. The average molecular weight is 432 g/mol. The second-order valence-corrected chi connectivity index (χ2v) is 7.39. The number of aromatic amines is 1. The maximum absolute atomic E-state index is 12.8. The van der Waals surface area contributed by atoms with Gasteiger partial charge in [0.25, 0.3) is 5.56 Å². The smallest absolute Gasteiger partial charge is 0.293 e. The van der Waals surface area contributed by atoms with Crippen LogP contribution in [0.1, 0.15) is 17.0 Å². The molecule has 3 heterocycles. The number of aryl methyl sites for hydroxylation is 1. The summed E-state index contributed by atoms with van der Waals surface area (Å²) in [7, 11) is 0. The van der Waals surface area contributed by atoms with Gasteiger partial charge in [0.05, 0.1) is 17.6 Å². The van der Waals surface area contributed by atoms with Crippen molar-refractivity contribution in [2.24, 2.45) is 0 Å². The zero-order valence-electron chi connectivity index (χ0n) is 17.6. The SMILES string of the molecule is Cc1cnc(NCCc2ccccc2)c(=O)n1CC(=O)NCc1ccc2c(N)[nH]nc2n1. The molecule has 4 aromatic rings. The van der Waals surface area contributed by atoms with Crippen LogP contribution in [0.4, 0.5) is 11.6 Å². The van der Waals surface area contributed by atoms with Crippen molar-refractivity contribution in [3.63, 3.8) is 0 Å². The molecule has 10 heteroatoms. The zero-order chi connectivity index (χ0) is 22.5. The minimum atomic E-state index is -0.334. The lowest BCUT2D eigenvalue weighted by Crippen LogP contribution is -2.34. The third-order valence-electron chi connectivity index (χ3n) is 5.08. The van der Waals surface area contributed by atoms with E-state index in [1.54, 1.807) is 25.3 Å². The standard InChI is InChI=1S/C22H24N8O2/c1-14-11-26-21(24-10-9-15-5-3-2-4-6-15)22(32)30(14)13-18(31)25-12-16-7-8-17-19(23)28-29-20(17)27-16/h2-8,11H,9-10,12-13H2,1H3,(H,24,26)(H,25,31)(H3,23,27,28,29). The summed E-state index contributed by atoms with van der Waals surface area (Å²) in [4.78, 5) is 33.9. The number of fused-ring (bicyclic) bond motifs is 1. The number of hydrogen-bond donors (Lipinski definition) is 4. The van der Waals surface area contributed by atoms with Crippen molar-refractivity contribution in [1.29, 1.82) is 0 Å². The Kier molecular flexibility index (Phi) is 6.11. The van der Waals surface area contributed by atoms with E-state index in [-0.39, 0.29) is 30.4 Å². The summed E-state index contributed by atoms with van der Waals surface area (Å²) in [6, 6.07) is 13.5. The first-order valence-corrected chi connectivity index (χ1v) is 10.2. The highest BCUT2D eigenvalue weighted by Crippen LogP contribution is 2.15. The quantitative estimate of drug-likeness (QED) is 0.329. The molecule has 0 aliphatic carbocycles. The Morgan fingerprint density at radius 2 is 2.00 bits per heavy atom. The average Bonchev–Trinajstić information content (AvgIpc) is 3.17. The summed E-state index contributed by atoms with van der Waals surface area (Å²) >= 11 is 0. The number of nitrogen functional groups attached to an aromatic ring is 1. The molecule has 0 saturated heterocycles. The molecule has 0 saturated carbocycles. The molecule has 0 unspecified atom stereocenters. The highest BCUT2D eigenvalue weighted by atomic mass is 16.2. The Morgan fingerprint density at radius 3 is 2.81 bits per heavy atom. The number of rotatable bonds is 8. The van der Waals surface area contributed by atoms with E-state index < -0.39 is 0 Å². The van der Waals surface area contributed by atoms with Crippen LogP contribution >= 0.6 is 0 Å². The van der Waals surface area contributed by atoms with Crippen LogP contribution in [0.2, 0.25) is 0 Å². The summed E-state index contributed by atoms with van der Waals surface area (Å²) < 4.78 is 1.40. The molecular formula is C22H24N8O2. The fraction of sp³-hybridized carbons (Fsp3) is 0.227. The summed E-state index contributed by atoms with van der Waals surface area (Å²) in [6.07, 6.45) is 2.34. The van der Waals surface area contributed by atoms with Gasteiger partial charge in [-0.2, -0.15) is 5.10 Å². The van der Waals surface area contributed by atoms with Gasteiger partial charge in [-0.05, 0) is 31.0 Å². The van der Waals surface area contributed by atoms with Gasteiger partial charge >= 0.3 is 0 Å². The fourth-order valence-electron chi connectivity index (χ4n) is 3.30. The maximum atomic E-state index is 12.8. The second-order valence-electron chi connectivity index (χ2n) is 7.39. The Hall–Kier alpha value is -4.21. The lowest BCUT2D eigenvalue weighted by atomic mass is 10.1. The summed E-state index contributed by atoms with van der Waals surface area (Å²) in [5.41, 5.74) is 8.32. The number of nitrogens with two attached hydrogens (primary N) is 1. The lowest BCUT2D eigenvalue weighted by molar-refractivity contribution is -0.121. The van der Waals surface area contributed by atoms with Crippen LogP contribution in [0.25, 0.3) is 11.0 Å². The van der Waals surface area contributed by atoms with Gasteiger partial charge in [-0.1, -0.05) is 30.3 Å². The predicted molar refractivity (Wildman–Crippen MR) is 122 cm³/mol. The number of anilines is 2. The Bertz CT molecular complexity index is 1300. The molecule has 0 aliphatic rings. The Balaban J connectivity index is 1.37. The first kappa shape index (κ1) is 21.0. The van der Waals surface area contributed by atoms with Gasteiger partial charge < -0.3 is 16.4 Å². The third kappa shape index (κ3) is 4.75. The molecule has 0 radical (unpaired) electrons. The number of carbonyl (C=O) groups is 1. The van der Waals surface area contributed by atoms with E-state index in [9.17, 15) is 9.59 Å². The van der Waals surface area contributed by atoms with Gasteiger partial charge in [-0.25, -0.2) is 9.97 Å². The lowest BCUT2D eigenvalue weighted by Gasteiger charge is -2.12. The van der Waals surface area contributed by atoms with E-state index in [0.717, 1.165) is 17.4 Å². The number of pyridine rings is 1. The first-order valence-electron chi connectivity index (χ1n) is 10.2. The third-order valence-corrected chi connectivity index (χ3v) is 5.08. The molecule has 164 valence electrons. The molecule has 0 atom stereocenters. The molecule has 1 aromatic carbocycles. The number of nitrogens with one attached hydrogen (secondary N) is 3. The van der Waals surface area contributed by atoms with Crippen LogP contribution in [0.3, 0.4) is 0 Å². The van der Waals surface area contributed by atoms with Gasteiger partial charge in [0.2, 0.25) is 5.91 Å². The summed E-state index contributed by atoms with van der Waals surface area (Å²) in [6.45, 7) is 2.40. The minimum Gasteiger partial charge on any atom is -0.384 e. The molecule has 32 heavy (non-hydrogen) atoms. The Morgan fingerprint density at radius 1 is 1.19 bits per heavy atom. The van der Waals surface area contributed by atoms with Crippen LogP contribution in [-0.4, -0.2) is 37.2 Å². The second kappa shape index (κ2) is 9.29. The highest BCUT2D eigenvalue weighted by Gasteiger charge is 2.12. The van der Waals surface area contributed by atoms with E-state index in [4.69, 9.17) is 5.73 Å². The maximum Gasteiger partial charge on any atom is 0.293 e. The van der Waals surface area contributed by atoms with Crippen molar-refractivity contribution >= 4 is 28.6 Å². The monoisotopic (exact) mass is 432 g/mol. The van der Waals surface area contributed by atoms with Crippen molar-refractivity contribution in [1.82, 2.24) is 30.0 Å². The molecule has 1 amide bonds. The molecule has 0 spiro atoms. The number of H-pyrrole nitrogens is 1. The van der Waals surface area contributed by atoms with E-state index >= 15 is 0 Å². The van der Waals surface area contributed by atoms with Crippen LogP contribution < -0.4 is 21.9 Å².